The second-order valence-corrected chi connectivity index (χ2v) is 4.81. The van der Waals surface area contributed by atoms with Crippen LogP contribution in [-0.2, 0) is 0 Å². The molecule has 0 aliphatic heterocycles. The first-order valence-corrected chi connectivity index (χ1v) is 6.43. The molecule has 2 aromatic rings. The lowest BCUT2D eigenvalue weighted by Gasteiger charge is -2.05. The number of aromatic nitrogens is 2. The highest BCUT2D eigenvalue weighted by atomic mass is 79.9. The Hall–Kier alpha value is -1.27. The molecule has 0 bridgehead atoms. The Morgan fingerprint density at radius 1 is 1.44 bits per heavy atom. The van der Waals surface area contributed by atoms with Gasteiger partial charge in [0.15, 0.2) is 0 Å². The van der Waals surface area contributed by atoms with Crippen molar-refractivity contribution in [3.05, 3.63) is 34.4 Å². The Balaban J connectivity index is 2.29. The molecule has 1 unspecified atom stereocenters. The molecule has 1 atom stereocenters. The number of halogens is 2. The van der Waals surface area contributed by atoms with E-state index in [0.29, 0.717) is 21.8 Å². The zero-order chi connectivity index (χ0) is 13.1. The molecule has 0 radical (unpaired) electrons. The number of hydrogen-bond donors (Lipinski definition) is 1. The summed E-state index contributed by atoms with van der Waals surface area (Å²) in [6.07, 6.45) is 0. The summed E-state index contributed by atoms with van der Waals surface area (Å²) < 4.78 is 19.1. The van der Waals surface area contributed by atoms with E-state index in [1.165, 1.54) is 12.1 Å². The first-order valence-electron chi connectivity index (χ1n) is 5.63. The van der Waals surface area contributed by atoms with Crippen molar-refractivity contribution in [1.29, 1.82) is 0 Å². The molecule has 0 saturated carbocycles. The highest BCUT2D eigenvalue weighted by molar-refractivity contribution is 9.10. The molecular weight excluding hydrogens is 301 g/mol. The van der Waals surface area contributed by atoms with Crippen LogP contribution in [0.3, 0.4) is 0 Å². The van der Waals surface area contributed by atoms with Crippen LogP contribution in [0.4, 0.5) is 4.39 Å². The molecule has 0 aliphatic rings. The van der Waals surface area contributed by atoms with Crippen LogP contribution in [0.15, 0.2) is 27.2 Å². The van der Waals surface area contributed by atoms with Crippen LogP contribution in [0.25, 0.3) is 11.4 Å². The minimum absolute atomic E-state index is 0.0201. The van der Waals surface area contributed by atoms with Crippen molar-refractivity contribution in [2.24, 2.45) is 0 Å². The summed E-state index contributed by atoms with van der Waals surface area (Å²) in [4.78, 5) is 4.25. The van der Waals surface area contributed by atoms with E-state index in [1.54, 1.807) is 6.07 Å². The molecule has 4 nitrogen and oxygen atoms in total. The van der Waals surface area contributed by atoms with Gasteiger partial charge in [0.1, 0.15) is 5.82 Å². The number of benzene rings is 1. The molecule has 6 heteroatoms. The third-order valence-corrected chi connectivity index (χ3v) is 2.90. The Kier molecular flexibility index (Phi) is 4.08. The molecule has 0 spiro atoms. The summed E-state index contributed by atoms with van der Waals surface area (Å²) in [5.41, 5.74) is 0.584. The van der Waals surface area contributed by atoms with Gasteiger partial charge in [0.25, 0.3) is 0 Å². The van der Waals surface area contributed by atoms with Crippen LogP contribution in [0.5, 0.6) is 0 Å². The summed E-state index contributed by atoms with van der Waals surface area (Å²) >= 11 is 3.23. The SMILES string of the molecule is CCNC(C)c1nc(-c2cc(F)cc(Br)c2)no1. The summed E-state index contributed by atoms with van der Waals surface area (Å²) in [7, 11) is 0. The largest absolute Gasteiger partial charge is 0.337 e. The number of rotatable bonds is 4. The van der Waals surface area contributed by atoms with Crippen molar-refractivity contribution in [3.63, 3.8) is 0 Å². The lowest BCUT2D eigenvalue weighted by Crippen LogP contribution is -2.17. The summed E-state index contributed by atoms with van der Waals surface area (Å²) in [6, 6.07) is 4.48. The molecule has 0 amide bonds. The number of nitrogens with one attached hydrogen (secondary N) is 1. The summed E-state index contributed by atoms with van der Waals surface area (Å²) in [5, 5.41) is 7.03. The van der Waals surface area contributed by atoms with Crippen molar-refractivity contribution in [3.8, 4) is 11.4 Å². The van der Waals surface area contributed by atoms with Crippen LogP contribution in [0.2, 0.25) is 0 Å². The zero-order valence-electron chi connectivity index (χ0n) is 10.1. The second kappa shape index (κ2) is 5.58. The average molecular weight is 314 g/mol. The van der Waals surface area contributed by atoms with Crippen LogP contribution in [0, 0.1) is 5.82 Å². The lowest BCUT2D eigenvalue weighted by atomic mass is 10.2. The van der Waals surface area contributed by atoms with Crippen LogP contribution < -0.4 is 5.32 Å². The van der Waals surface area contributed by atoms with Gasteiger partial charge >= 0.3 is 0 Å². The van der Waals surface area contributed by atoms with Crippen LogP contribution >= 0.6 is 15.9 Å². The van der Waals surface area contributed by atoms with E-state index in [0.717, 1.165) is 6.54 Å². The van der Waals surface area contributed by atoms with Gasteiger partial charge in [-0.05, 0) is 31.7 Å². The Morgan fingerprint density at radius 3 is 2.89 bits per heavy atom. The maximum absolute atomic E-state index is 13.3. The minimum Gasteiger partial charge on any atom is -0.337 e. The van der Waals surface area contributed by atoms with E-state index in [9.17, 15) is 4.39 Å². The van der Waals surface area contributed by atoms with E-state index < -0.39 is 0 Å². The molecule has 2 rings (SSSR count). The van der Waals surface area contributed by atoms with E-state index >= 15 is 0 Å². The average Bonchev–Trinajstić information content (AvgIpc) is 2.77. The maximum atomic E-state index is 13.3. The third kappa shape index (κ3) is 2.94. The van der Waals surface area contributed by atoms with Crippen LogP contribution in [-0.4, -0.2) is 16.7 Å². The number of hydrogen-bond acceptors (Lipinski definition) is 4. The normalized spacial score (nSPS) is 12.7. The minimum atomic E-state index is -0.342. The van der Waals surface area contributed by atoms with E-state index in [4.69, 9.17) is 4.52 Å². The highest BCUT2D eigenvalue weighted by Gasteiger charge is 2.14. The standard InChI is InChI=1S/C12H13BrFN3O/c1-3-15-7(2)12-16-11(17-18-12)8-4-9(13)6-10(14)5-8/h4-7,15H,3H2,1-2H3. The van der Waals surface area contributed by atoms with E-state index in [-0.39, 0.29) is 11.9 Å². The van der Waals surface area contributed by atoms with Gasteiger partial charge in [-0.1, -0.05) is 28.0 Å². The van der Waals surface area contributed by atoms with Crippen molar-refractivity contribution in [2.45, 2.75) is 19.9 Å². The van der Waals surface area contributed by atoms with Gasteiger partial charge in [0, 0.05) is 10.0 Å². The quantitative estimate of drug-likeness (QED) is 0.941. The smallest absolute Gasteiger partial charge is 0.243 e. The molecular formula is C12H13BrFN3O. The van der Waals surface area contributed by atoms with E-state index in [2.05, 4.69) is 31.4 Å². The molecule has 96 valence electrons. The molecule has 1 aromatic carbocycles. The molecule has 1 N–H and O–H groups in total. The Morgan fingerprint density at radius 2 is 2.22 bits per heavy atom. The van der Waals surface area contributed by atoms with Crippen LogP contribution in [0.1, 0.15) is 25.8 Å². The zero-order valence-corrected chi connectivity index (χ0v) is 11.7. The summed E-state index contributed by atoms with van der Waals surface area (Å²) in [5.74, 6) is 0.535. The van der Waals surface area contributed by atoms with Gasteiger partial charge in [-0.3, -0.25) is 0 Å². The maximum Gasteiger partial charge on any atom is 0.243 e. The number of nitrogens with zero attached hydrogens (tertiary/aromatic N) is 2. The lowest BCUT2D eigenvalue weighted by molar-refractivity contribution is 0.342. The van der Waals surface area contributed by atoms with Gasteiger partial charge in [0.2, 0.25) is 11.7 Å². The van der Waals surface area contributed by atoms with Gasteiger partial charge in [-0.2, -0.15) is 4.98 Å². The van der Waals surface area contributed by atoms with E-state index in [1.807, 2.05) is 13.8 Å². The fraction of sp³-hybridized carbons (Fsp3) is 0.333. The molecule has 1 heterocycles. The third-order valence-electron chi connectivity index (χ3n) is 2.44. The highest BCUT2D eigenvalue weighted by Crippen LogP contribution is 2.23. The molecule has 0 saturated heterocycles. The summed E-state index contributed by atoms with van der Waals surface area (Å²) in [6.45, 7) is 4.74. The molecule has 18 heavy (non-hydrogen) atoms. The van der Waals surface area contributed by atoms with Gasteiger partial charge in [0.05, 0.1) is 6.04 Å². The molecule has 1 aromatic heterocycles. The first kappa shape index (κ1) is 13.2. The van der Waals surface area contributed by atoms with Gasteiger partial charge in [-0.15, -0.1) is 0 Å². The fourth-order valence-electron chi connectivity index (χ4n) is 1.60. The Labute approximate surface area is 113 Å². The molecule has 0 fully saturated rings. The molecule has 0 aliphatic carbocycles. The van der Waals surface area contributed by atoms with Gasteiger partial charge < -0.3 is 9.84 Å². The van der Waals surface area contributed by atoms with Gasteiger partial charge in [-0.25, -0.2) is 4.39 Å². The fourth-order valence-corrected chi connectivity index (χ4v) is 2.07. The van der Waals surface area contributed by atoms with Crippen molar-refractivity contribution in [2.75, 3.05) is 6.54 Å². The predicted octanol–water partition coefficient (Wildman–Crippen LogP) is 3.31. The first-order chi connectivity index (χ1) is 8.60. The Bertz CT molecular complexity index is 524. The van der Waals surface area contributed by atoms with Crippen molar-refractivity contribution < 1.29 is 8.91 Å². The van der Waals surface area contributed by atoms with Crippen molar-refractivity contribution in [1.82, 2.24) is 15.5 Å². The predicted molar refractivity (Wildman–Crippen MR) is 69.5 cm³/mol. The van der Waals surface area contributed by atoms with Crippen molar-refractivity contribution >= 4 is 15.9 Å². The monoisotopic (exact) mass is 313 g/mol. The second-order valence-electron chi connectivity index (χ2n) is 3.89. The topological polar surface area (TPSA) is 51.0 Å².